The number of benzene rings is 1. The van der Waals surface area contributed by atoms with Crippen LogP contribution < -0.4 is 10.5 Å². The molecular weight excluding hydrogens is 456 g/mol. The minimum atomic E-state index is -4.65. The molecule has 1 unspecified atom stereocenters. The van der Waals surface area contributed by atoms with E-state index in [4.69, 9.17) is 24.8 Å². The van der Waals surface area contributed by atoms with Crippen molar-refractivity contribution in [3.8, 4) is 11.8 Å². The third kappa shape index (κ3) is 5.89. The molecule has 13 heteroatoms. The zero-order valence-corrected chi connectivity index (χ0v) is 17.9. The van der Waals surface area contributed by atoms with Gasteiger partial charge in [-0.05, 0) is 29.8 Å². The van der Waals surface area contributed by atoms with Gasteiger partial charge in [-0.25, -0.2) is 18.9 Å². The van der Waals surface area contributed by atoms with Crippen molar-refractivity contribution in [3.63, 3.8) is 0 Å². The van der Waals surface area contributed by atoms with Crippen LogP contribution in [0.25, 0.3) is 5.57 Å². The third-order valence-electron chi connectivity index (χ3n) is 4.57. The fourth-order valence-corrected chi connectivity index (χ4v) is 3.32. The van der Waals surface area contributed by atoms with Gasteiger partial charge in [-0.15, -0.1) is 0 Å². The Morgan fingerprint density at radius 1 is 1.24 bits per heavy atom. The maximum atomic E-state index is 14.5. The number of phosphoric ester groups is 1. The van der Waals surface area contributed by atoms with Crippen molar-refractivity contribution in [2.45, 2.75) is 12.6 Å². The first-order valence-corrected chi connectivity index (χ1v) is 11.1. The highest BCUT2D eigenvalue weighted by molar-refractivity contribution is 7.46. The van der Waals surface area contributed by atoms with Crippen LogP contribution in [0.3, 0.4) is 0 Å². The van der Waals surface area contributed by atoms with E-state index in [1.807, 2.05) is 0 Å². The average molecular weight is 475 g/mol. The smallest absolute Gasteiger partial charge is 0.421 e. The number of hydrogen-bond donors (Lipinski definition) is 3. The molecule has 11 nitrogen and oxygen atoms in total. The van der Waals surface area contributed by atoms with Crippen LogP contribution in [0.5, 0.6) is 11.8 Å². The standard InChI is InChI=1S/C20H19FN5O6P/c21-16-10-13(4-5-17(16)31-20-23-6-2-7-24-20)9-14-11-18(32-25-14)15-3-1-8-26(19(15)22)12-30-33(27,28)29/h1-8,10-11,19H,9,12,22H2,(H2,27,28,29). The zero-order chi connectivity index (χ0) is 23.4. The van der Waals surface area contributed by atoms with E-state index in [9.17, 15) is 8.96 Å². The van der Waals surface area contributed by atoms with Gasteiger partial charge in [-0.1, -0.05) is 17.3 Å². The number of halogens is 1. The number of allylic oxidation sites excluding steroid dienone is 2. The lowest BCUT2D eigenvalue weighted by Gasteiger charge is -2.30. The van der Waals surface area contributed by atoms with Crippen LogP contribution in [0.15, 0.2) is 65.6 Å². The summed E-state index contributed by atoms with van der Waals surface area (Å²) in [5.41, 5.74) is 7.85. The van der Waals surface area contributed by atoms with E-state index < -0.39 is 26.5 Å². The van der Waals surface area contributed by atoms with Crippen molar-refractivity contribution in [2.24, 2.45) is 5.73 Å². The second-order valence-corrected chi connectivity index (χ2v) is 8.17. The maximum absolute atomic E-state index is 14.5. The molecule has 1 atom stereocenters. The molecular formula is C20H19FN5O6P. The number of aromatic nitrogens is 3. The van der Waals surface area contributed by atoms with Gasteiger partial charge < -0.3 is 29.7 Å². The maximum Gasteiger partial charge on any atom is 0.471 e. The van der Waals surface area contributed by atoms with Crippen molar-refractivity contribution in [1.82, 2.24) is 20.0 Å². The fraction of sp³-hybridized carbons (Fsp3) is 0.150. The van der Waals surface area contributed by atoms with Gasteiger partial charge in [0.15, 0.2) is 17.3 Å². The quantitative estimate of drug-likeness (QED) is 0.411. The first-order valence-electron chi connectivity index (χ1n) is 9.57. The summed E-state index contributed by atoms with van der Waals surface area (Å²) >= 11 is 0. The summed E-state index contributed by atoms with van der Waals surface area (Å²) in [5.74, 6) is -0.218. The Morgan fingerprint density at radius 3 is 2.76 bits per heavy atom. The van der Waals surface area contributed by atoms with Crippen LogP contribution in [0, 0.1) is 5.82 Å². The minimum absolute atomic E-state index is 0.00599. The van der Waals surface area contributed by atoms with E-state index in [0.717, 1.165) is 0 Å². The summed E-state index contributed by atoms with van der Waals surface area (Å²) in [4.78, 5) is 26.9. The number of hydrogen-bond acceptors (Lipinski definition) is 9. The van der Waals surface area contributed by atoms with Crippen LogP contribution in [-0.2, 0) is 15.5 Å². The van der Waals surface area contributed by atoms with Gasteiger partial charge in [0.2, 0.25) is 0 Å². The topological polar surface area (TPSA) is 157 Å². The molecule has 0 bridgehead atoms. The number of rotatable bonds is 8. The largest absolute Gasteiger partial charge is 0.471 e. The van der Waals surface area contributed by atoms with Gasteiger partial charge in [0.05, 0.1) is 5.69 Å². The first-order chi connectivity index (χ1) is 15.8. The Hall–Kier alpha value is -3.41. The normalized spacial score (nSPS) is 16.1. The summed E-state index contributed by atoms with van der Waals surface area (Å²) in [6.45, 7) is -0.415. The highest BCUT2D eigenvalue weighted by Crippen LogP contribution is 2.36. The summed E-state index contributed by atoms with van der Waals surface area (Å²) in [6.07, 6.45) is 7.35. The second-order valence-electron chi connectivity index (χ2n) is 6.93. The molecule has 4 N–H and O–H groups in total. The lowest BCUT2D eigenvalue weighted by molar-refractivity contribution is 0.110. The Labute approximate surface area is 187 Å². The summed E-state index contributed by atoms with van der Waals surface area (Å²) < 4.78 is 40.6. The summed E-state index contributed by atoms with van der Waals surface area (Å²) in [5, 5.41) is 4.01. The van der Waals surface area contributed by atoms with Crippen LogP contribution in [0.1, 0.15) is 17.0 Å². The van der Waals surface area contributed by atoms with Crippen LogP contribution in [-0.4, -0.2) is 42.7 Å². The van der Waals surface area contributed by atoms with Crippen molar-refractivity contribution in [3.05, 3.63) is 83.9 Å². The van der Waals surface area contributed by atoms with E-state index >= 15 is 0 Å². The Kier molecular flexibility index (Phi) is 6.63. The molecule has 0 fully saturated rings. The molecule has 0 aliphatic carbocycles. The molecule has 1 aliphatic rings. The van der Waals surface area contributed by atoms with E-state index in [0.29, 0.717) is 22.6 Å². The van der Waals surface area contributed by atoms with Crippen LogP contribution in [0.4, 0.5) is 4.39 Å². The molecule has 0 amide bonds. The average Bonchev–Trinajstić information content (AvgIpc) is 3.23. The lowest BCUT2D eigenvalue weighted by atomic mass is 10.1. The molecule has 3 aromatic rings. The summed E-state index contributed by atoms with van der Waals surface area (Å²) in [7, 11) is -4.65. The predicted molar refractivity (Wildman–Crippen MR) is 113 cm³/mol. The van der Waals surface area contributed by atoms with Gasteiger partial charge in [0.1, 0.15) is 12.9 Å². The summed E-state index contributed by atoms with van der Waals surface area (Å²) in [6, 6.07) is 7.81. The van der Waals surface area contributed by atoms with Crippen LogP contribution >= 0.6 is 7.82 Å². The number of phosphoric acid groups is 1. The zero-order valence-electron chi connectivity index (χ0n) is 17.0. The molecule has 2 aromatic heterocycles. The predicted octanol–water partition coefficient (Wildman–Crippen LogP) is 2.55. The molecule has 0 radical (unpaired) electrons. The number of nitrogens with two attached hydrogens (primary N) is 1. The number of ether oxygens (including phenoxy) is 1. The van der Waals surface area contributed by atoms with E-state index in [1.54, 1.807) is 30.4 Å². The first kappa shape index (κ1) is 22.8. The molecule has 0 saturated heterocycles. The second kappa shape index (κ2) is 9.61. The van der Waals surface area contributed by atoms with Gasteiger partial charge in [-0.2, -0.15) is 0 Å². The van der Waals surface area contributed by atoms with Gasteiger partial charge in [-0.3, -0.25) is 4.52 Å². The van der Waals surface area contributed by atoms with Gasteiger partial charge in [0, 0.05) is 36.7 Å². The van der Waals surface area contributed by atoms with Crippen molar-refractivity contribution < 1.29 is 32.5 Å². The van der Waals surface area contributed by atoms with Crippen molar-refractivity contribution in [1.29, 1.82) is 0 Å². The monoisotopic (exact) mass is 475 g/mol. The fourth-order valence-electron chi connectivity index (χ4n) is 3.03. The molecule has 3 heterocycles. The highest BCUT2D eigenvalue weighted by Gasteiger charge is 2.25. The van der Waals surface area contributed by atoms with Crippen LogP contribution in [0.2, 0.25) is 0 Å². The minimum Gasteiger partial charge on any atom is -0.421 e. The van der Waals surface area contributed by atoms with E-state index in [2.05, 4.69) is 19.6 Å². The highest BCUT2D eigenvalue weighted by atomic mass is 31.2. The van der Waals surface area contributed by atoms with E-state index in [1.165, 1.54) is 35.6 Å². The Balaban J connectivity index is 1.42. The SMILES string of the molecule is NC1C(c2cc(Cc3ccc(Oc4ncccn4)c(F)c3)no2)=CC=CN1COP(=O)(O)O. The van der Waals surface area contributed by atoms with Gasteiger partial charge >= 0.3 is 13.8 Å². The molecule has 1 aromatic carbocycles. The molecule has 0 spiro atoms. The Bertz CT molecular complexity index is 1230. The molecule has 4 rings (SSSR count). The lowest BCUT2D eigenvalue weighted by Crippen LogP contribution is -2.41. The van der Waals surface area contributed by atoms with Crippen molar-refractivity contribution >= 4 is 13.4 Å². The molecule has 172 valence electrons. The third-order valence-corrected chi connectivity index (χ3v) is 5.02. The van der Waals surface area contributed by atoms with E-state index in [-0.39, 0.29) is 18.2 Å². The van der Waals surface area contributed by atoms with Gasteiger partial charge in [0.25, 0.3) is 0 Å². The molecule has 1 aliphatic heterocycles. The number of nitrogens with zero attached hydrogens (tertiary/aromatic N) is 4. The molecule has 0 saturated carbocycles. The van der Waals surface area contributed by atoms with Crippen molar-refractivity contribution in [2.75, 3.05) is 6.73 Å². The Morgan fingerprint density at radius 2 is 2.03 bits per heavy atom. The molecule has 33 heavy (non-hydrogen) atoms.